The highest BCUT2D eigenvalue weighted by atomic mass is 32.1. The molecule has 0 bridgehead atoms. The first kappa shape index (κ1) is 25.3. The smallest absolute Gasteiger partial charge is 0.364 e. The Morgan fingerprint density at radius 3 is 2.65 bits per heavy atom. The molecule has 0 radical (unpaired) electrons. The number of nitrogens with zero attached hydrogens (tertiary/aromatic N) is 5. The quantitative estimate of drug-likeness (QED) is 0.561. The fourth-order valence-electron chi connectivity index (χ4n) is 3.66. The Balaban J connectivity index is 0.00000324. The second-order valence-electron chi connectivity index (χ2n) is 8.16. The third-order valence-electron chi connectivity index (χ3n) is 5.81. The number of carbonyl (C=O) groups is 1. The van der Waals surface area contributed by atoms with E-state index in [0.29, 0.717) is 35.0 Å². The van der Waals surface area contributed by atoms with Gasteiger partial charge in [0.2, 0.25) is 5.91 Å². The number of hydrogen-bond acceptors (Lipinski definition) is 6. The van der Waals surface area contributed by atoms with Crippen molar-refractivity contribution in [3.63, 3.8) is 0 Å². The van der Waals surface area contributed by atoms with E-state index < -0.39 is 11.7 Å². The van der Waals surface area contributed by atoms with E-state index in [2.05, 4.69) is 25.9 Å². The monoisotopic (exact) mass is 493 g/mol. The zero-order chi connectivity index (χ0) is 23.9. The van der Waals surface area contributed by atoms with Crippen LogP contribution in [0.4, 0.5) is 30.4 Å². The van der Waals surface area contributed by atoms with E-state index in [9.17, 15) is 18.0 Å². The molecule has 2 N–H and O–H groups in total. The van der Waals surface area contributed by atoms with Gasteiger partial charge in [-0.1, -0.05) is 11.3 Å². The van der Waals surface area contributed by atoms with Gasteiger partial charge in [-0.2, -0.15) is 26.7 Å². The number of aromatic nitrogens is 4. The van der Waals surface area contributed by atoms with Crippen molar-refractivity contribution in [1.29, 1.82) is 0 Å². The molecule has 0 unspecified atom stereocenters. The van der Waals surface area contributed by atoms with E-state index in [0.717, 1.165) is 23.4 Å². The molecule has 34 heavy (non-hydrogen) atoms. The van der Waals surface area contributed by atoms with Crippen molar-refractivity contribution >= 4 is 36.6 Å². The van der Waals surface area contributed by atoms with Gasteiger partial charge in [0.05, 0.1) is 41.9 Å². The van der Waals surface area contributed by atoms with Crippen LogP contribution in [0.15, 0.2) is 30.5 Å². The van der Waals surface area contributed by atoms with Crippen LogP contribution >= 0.6 is 13.5 Å². The predicted molar refractivity (Wildman–Crippen MR) is 128 cm³/mol. The van der Waals surface area contributed by atoms with Crippen molar-refractivity contribution in [2.24, 2.45) is 0 Å². The van der Waals surface area contributed by atoms with E-state index in [1.807, 2.05) is 31.9 Å². The Bertz CT molecular complexity index is 1210. The molecule has 3 heterocycles. The number of nitrogens with one attached hydrogen (secondary N) is 2. The van der Waals surface area contributed by atoms with Crippen LogP contribution in [0.2, 0.25) is 0 Å². The SMILES string of the molecule is Cc1ccc(C(F)(F)F)cc1Cn1cc(CNc2cc3c(c(C)n2)NC(=O)[C@H](C)N3C)nn1.S. The number of fused-ring (bicyclic) bond motifs is 1. The minimum atomic E-state index is -4.39. The van der Waals surface area contributed by atoms with Crippen LogP contribution in [0.5, 0.6) is 0 Å². The molecule has 8 nitrogen and oxygen atoms in total. The van der Waals surface area contributed by atoms with E-state index in [-0.39, 0.29) is 32.0 Å². The number of benzene rings is 1. The van der Waals surface area contributed by atoms with Crippen LogP contribution in [0, 0.1) is 13.8 Å². The van der Waals surface area contributed by atoms with Gasteiger partial charge < -0.3 is 15.5 Å². The second-order valence-corrected chi connectivity index (χ2v) is 8.16. The fourth-order valence-corrected chi connectivity index (χ4v) is 3.66. The standard InChI is InChI=1S/C22H24F3N7O.H2S/c1-12-5-6-16(22(23,24)25)7-15(12)10-32-11-17(29-30-32)9-26-19-8-18-20(13(2)27-19)28-21(33)14(3)31(18)4;/h5-8,11,14H,9-10H2,1-4H3,(H,26,27)(H,28,33);1H2/t14-;/m0./s1. The zero-order valence-corrected chi connectivity index (χ0v) is 20.2. The molecule has 3 aromatic rings. The summed E-state index contributed by atoms with van der Waals surface area (Å²) in [5.74, 6) is 0.535. The molecule has 2 aromatic heterocycles. The van der Waals surface area contributed by atoms with Crippen molar-refractivity contribution in [1.82, 2.24) is 20.0 Å². The molecule has 12 heteroatoms. The Morgan fingerprint density at radius 1 is 1.21 bits per heavy atom. The minimum absolute atomic E-state index is 0. The Morgan fingerprint density at radius 2 is 1.94 bits per heavy atom. The number of anilines is 3. The van der Waals surface area contributed by atoms with Gasteiger partial charge in [-0.15, -0.1) is 5.10 Å². The Hall–Kier alpha value is -3.28. The number of carbonyl (C=O) groups excluding carboxylic acids is 1. The number of rotatable bonds is 5. The highest BCUT2D eigenvalue weighted by Gasteiger charge is 2.31. The molecule has 1 aliphatic heterocycles. The van der Waals surface area contributed by atoms with Gasteiger partial charge in [-0.25, -0.2) is 9.67 Å². The van der Waals surface area contributed by atoms with E-state index in [4.69, 9.17) is 0 Å². The predicted octanol–water partition coefficient (Wildman–Crippen LogP) is 3.86. The number of aryl methyl sites for hydroxylation is 2. The lowest BCUT2D eigenvalue weighted by Crippen LogP contribution is -2.44. The van der Waals surface area contributed by atoms with E-state index in [1.165, 1.54) is 10.7 Å². The maximum Gasteiger partial charge on any atom is 0.416 e. The van der Waals surface area contributed by atoms with Gasteiger partial charge in [0.25, 0.3) is 0 Å². The summed E-state index contributed by atoms with van der Waals surface area (Å²) in [5, 5.41) is 14.2. The molecule has 1 aliphatic rings. The summed E-state index contributed by atoms with van der Waals surface area (Å²) in [5.41, 5.74) is 3.44. The molecule has 0 fully saturated rings. The molecule has 0 saturated carbocycles. The number of amides is 1. The topological polar surface area (TPSA) is 88.0 Å². The van der Waals surface area contributed by atoms with Crippen molar-refractivity contribution in [3.8, 4) is 0 Å². The molecular weight excluding hydrogens is 467 g/mol. The van der Waals surface area contributed by atoms with Crippen LogP contribution < -0.4 is 15.5 Å². The van der Waals surface area contributed by atoms with Crippen molar-refractivity contribution in [2.75, 3.05) is 22.6 Å². The maximum atomic E-state index is 13.0. The molecule has 4 rings (SSSR count). The van der Waals surface area contributed by atoms with Crippen LogP contribution in [0.1, 0.15) is 35.0 Å². The number of hydrogen-bond donors (Lipinski definition) is 2. The maximum absolute atomic E-state index is 13.0. The molecule has 1 amide bonds. The lowest BCUT2D eigenvalue weighted by Gasteiger charge is -2.34. The third-order valence-corrected chi connectivity index (χ3v) is 5.81. The van der Waals surface area contributed by atoms with Crippen LogP contribution in [-0.4, -0.2) is 39.0 Å². The van der Waals surface area contributed by atoms with E-state index >= 15 is 0 Å². The van der Waals surface area contributed by atoms with Crippen LogP contribution in [0.3, 0.4) is 0 Å². The average molecular weight is 494 g/mol. The molecule has 182 valence electrons. The third kappa shape index (κ3) is 5.11. The number of alkyl halides is 3. The summed E-state index contributed by atoms with van der Waals surface area (Å²) < 4.78 is 40.6. The van der Waals surface area contributed by atoms with Crippen LogP contribution in [0.25, 0.3) is 0 Å². The fraction of sp³-hybridized carbons (Fsp3) is 0.364. The van der Waals surface area contributed by atoms with Gasteiger partial charge in [0, 0.05) is 13.1 Å². The zero-order valence-electron chi connectivity index (χ0n) is 19.2. The molecule has 0 aliphatic carbocycles. The summed E-state index contributed by atoms with van der Waals surface area (Å²) >= 11 is 0. The Kier molecular flexibility index (Phi) is 7.10. The summed E-state index contributed by atoms with van der Waals surface area (Å²) in [6.07, 6.45) is -2.71. The van der Waals surface area contributed by atoms with Crippen molar-refractivity contribution < 1.29 is 18.0 Å². The minimum Gasteiger partial charge on any atom is -0.364 e. The summed E-state index contributed by atoms with van der Waals surface area (Å²) in [6.45, 7) is 5.92. The van der Waals surface area contributed by atoms with Crippen LogP contribution in [-0.2, 0) is 24.1 Å². The molecule has 1 atom stereocenters. The number of halogens is 3. The summed E-state index contributed by atoms with van der Waals surface area (Å²) in [4.78, 5) is 18.5. The van der Waals surface area contributed by atoms with Gasteiger partial charge >= 0.3 is 6.18 Å². The number of pyridine rings is 1. The highest BCUT2D eigenvalue weighted by Crippen LogP contribution is 2.35. The molecule has 0 saturated heterocycles. The number of likely N-dealkylation sites (N-methyl/N-ethyl adjacent to an activating group) is 1. The Labute approximate surface area is 202 Å². The van der Waals surface area contributed by atoms with Crippen molar-refractivity contribution in [3.05, 3.63) is 58.5 Å². The lowest BCUT2D eigenvalue weighted by molar-refractivity contribution is -0.137. The van der Waals surface area contributed by atoms with Gasteiger partial charge in [-0.3, -0.25) is 4.79 Å². The summed E-state index contributed by atoms with van der Waals surface area (Å²) in [7, 11) is 1.85. The van der Waals surface area contributed by atoms with Gasteiger partial charge in [-0.05, 0) is 44.0 Å². The van der Waals surface area contributed by atoms with Crippen molar-refractivity contribution in [2.45, 2.75) is 46.1 Å². The first-order valence-corrected chi connectivity index (χ1v) is 10.4. The summed E-state index contributed by atoms with van der Waals surface area (Å²) in [6, 6.07) is 5.24. The lowest BCUT2D eigenvalue weighted by atomic mass is 10.0. The molecular formula is C22H26F3N7OS. The highest BCUT2D eigenvalue weighted by molar-refractivity contribution is 7.59. The van der Waals surface area contributed by atoms with E-state index in [1.54, 1.807) is 13.1 Å². The first-order valence-electron chi connectivity index (χ1n) is 10.4. The second kappa shape index (κ2) is 9.53. The normalized spacial score (nSPS) is 15.4. The largest absolute Gasteiger partial charge is 0.416 e. The molecule has 1 aromatic carbocycles. The van der Waals surface area contributed by atoms with Gasteiger partial charge in [0.15, 0.2) is 0 Å². The van der Waals surface area contributed by atoms with Gasteiger partial charge in [0.1, 0.15) is 17.6 Å². The first-order chi connectivity index (χ1) is 15.5. The molecule has 0 spiro atoms. The average Bonchev–Trinajstić information content (AvgIpc) is 3.19.